The molecule has 4 fully saturated rings. The number of hydrogen-bond donors (Lipinski definition) is 5. The predicted octanol–water partition coefficient (Wildman–Crippen LogP) is 5.45. The lowest BCUT2D eigenvalue weighted by molar-refractivity contribution is -0.169. The zero-order valence-electron chi connectivity index (χ0n) is 24.2. The Morgan fingerprint density at radius 1 is 1.09 bits per heavy atom. The number of aromatic carboxylic acids is 1. The van der Waals surface area contributed by atoms with Crippen LogP contribution in [0.25, 0.3) is 6.08 Å². The van der Waals surface area contributed by atoms with Crippen LogP contribution in [0, 0.1) is 22.7 Å². The molecule has 0 unspecified atom stereocenters. The molecule has 10 nitrogen and oxygen atoms in total. The Morgan fingerprint density at radius 3 is 2.48 bits per heavy atom. The summed E-state index contributed by atoms with van der Waals surface area (Å²) in [4.78, 5) is 51.3. The van der Waals surface area contributed by atoms with Crippen LogP contribution in [-0.2, 0) is 19.1 Å². The average Bonchev–Trinajstić information content (AvgIpc) is 3.32. The summed E-state index contributed by atoms with van der Waals surface area (Å²) >= 11 is 1.36. The molecule has 2 aromatic carbocycles. The largest absolute Gasteiger partial charge is 0.506 e. The fraction of sp³-hybridized carbons (Fsp3) is 0.394. The topological polar surface area (TPSA) is 170 Å². The number of aromatic hydroxyl groups is 2. The van der Waals surface area contributed by atoms with Crippen LogP contribution < -0.4 is 5.32 Å². The van der Waals surface area contributed by atoms with Gasteiger partial charge in [-0.15, -0.1) is 0 Å². The molecule has 5 aliphatic rings. The first kappa shape index (κ1) is 30.0. The van der Waals surface area contributed by atoms with Crippen LogP contribution in [0.3, 0.4) is 0 Å². The van der Waals surface area contributed by atoms with E-state index in [0.29, 0.717) is 10.8 Å². The number of aliphatic carboxylic acids is 1. The fourth-order valence-corrected chi connectivity index (χ4v) is 9.38. The summed E-state index contributed by atoms with van der Waals surface area (Å²) < 4.78 is 6.56. The van der Waals surface area contributed by atoms with Crippen molar-refractivity contribution in [2.24, 2.45) is 22.7 Å². The summed E-state index contributed by atoms with van der Waals surface area (Å²) in [5, 5.41) is 41.2. The monoisotopic (exact) mass is 619 g/mol. The van der Waals surface area contributed by atoms with E-state index in [2.05, 4.69) is 18.3 Å². The lowest BCUT2D eigenvalue weighted by Gasteiger charge is -2.56. The Kier molecular flexibility index (Phi) is 7.16. The smallest absolute Gasteiger partial charge is 0.339 e. The number of ketones is 1. The molecule has 5 N–H and O–H groups in total. The quantitative estimate of drug-likeness (QED) is 0.180. The first-order valence-electron chi connectivity index (χ1n) is 14.5. The lowest BCUT2D eigenvalue weighted by Crippen LogP contribution is -2.57. The van der Waals surface area contributed by atoms with E-state index in [1.165, 1.54) is 17.8 Å². The first-order valence-corrected chi connectivity index (χ1v) is 15.3. The molecule has 6 atom stereocenters. The van der Waals surface area contributed by atoms with Crippen LogP contribution in [0.4, 0.5) is 5.69 Å². The summed E-state index contributed by atoms with van der Waals surface area (Å²) in [7, 11) is 0. The molecule has 2 aliphatic heterocycles. The Balaban J connectivity index is 1.27. The van der Waals surface area contributed by atoms with Crippen molar-refractivity contribution in [3.8, 4) is 11.5 Å². The second kappa shape index (κ2) is 10.5. The van der Waals surface area contributed by atoms with Crippen molar-refractivity contribution < 1.29 is 44.3 Å². The molecular formula is C33H33NO9S. The van der Waals surface area contributed by atoms with Gasteiger partial charge in [-0.2, -0.15) is 0 Å². The highest BCUT2D eigenvalue weighted by molar-refractivity contribution is 8.04. The zero-order chi connectivity index (χ0) is 31.6. The molecule has 7 rings (SSSR count). The van der Waals surface area contributed by atoms with Gasteiger partial charge in [0, 0.05) is 28.7 Å². The van der Waals surface area contributed by atoms with Crippen LogP contribution in [0.2, 0.25) is 0 Å². The van der Waals surface area contributed by atoms with E-state index in [-0.39, 0.29) is 41.7 Å². The summed E-state index contributed by atoms with van der Waals surface area (Å²) in [6.07, 6.45) is 7.21. The van der Waals surface area contributed by atoms with E-state index < -0.39 is 46.0 Å². The van der Waals surface area contributed by atoms with E-state index in [9.17, 15) is 34.5 Å². The Labute approximate surface area is 257 Å². The van der Waals surface area contributed by atoms with Crippen LogP contribution in [0.15, 0.2) is 58.4 Å². The van der Waals surface area contributed by atoms with Crippen molar-refractivity contribution in [2.75, 3.05) is 5.32 Å². The summed E-state index contributed by atoms with van der Waals surface area (Å²) in [6, 6.07) is 9.40. The van der Waals surface area contributed by atoms with Gasteiger partial charge in [0.05, 0.1) is 16.6 Å². The molecular weight excluding hydrogens is 586 g/mol. The van der Waals surface area contributed by atoms with Crippen molar-refractivity contribution in [3.05, 3.63) is 64.6 Å². The lowest BCUT2D eigenvalue weighted by atomic mass is 9.51. The minimum atomic E-state index is -1.41. The highest BCUT2D eigenvalue weighted by atomic mass is 32.2. The number of Topliss-reactive ketones (excluding diaryl/α,β-unsaturated/α-hetero) is 1. The maximum Gasteiger partial charge on any atom is 0.339 e. The Morgan fingerprint density at radius 2 is 1.82 bits per heavy atom. The van der Waals surface area contributed by atoms with Crippen LogP contribution in [-0.4, -0.2) is 55.8 Å². The van der Waals surface area contributed by atoms with Crippen molar-refractivity contribution in [2.45, 2.75) is 62.6 Å². The molecule has 0 aromatic heterocycles. The van der Waals surface area contributed by atoms with Crippen molar-refractivity contribution in [3.63, 3.8) is 0 Å². The number of ether oxygens (including phenoxy) is 1. The van der Waals surface area contributed by atoms with Crippen LogP contribution in [0.1, 0.15) is 61.9 Å². The normalized spacial score (nSPS) is 31.6. The number of carbonyl (C=O) groups is 4. The molecule has 11 heteroatoms. The number of phenols is 2. The number of amides is 1. The number of carboxylic acids is 2. The van der Waals surface area contributed by atoms with E-state index >= 15 is 0 Å². The number of benzene rings is 2. The van der Waals surface area contributed by atoms with Gasteiger partial charge < -0.3 is 30.5 Å². The molecule has 2 aromatic rings. The molecule has 1 spiro atoms. The maximum absolute atomic E-state index is 14.4. The highest BCUT2D eigenvalue weighted by Gasteiger charge is 2.72. The summed E-state index contributed by atoms with van der Waals surface area (Å²) in [6.45, 7) is 4.05. The molecule has 2 saturated carbocycles. The van der Waals surface area contributed by atoms with Crippen molar-refractivity contribution >= 4 is 47.2 Å². The molecule has 3 aliphatic carbocycles. The van der Waals surface area contributed by atoms with E-state index in [0.717, 1.165) is 47.9 Å². The third kappa shape index (κ3) is 4.88. The van der Waals surface area contributed by atoms with Gasteiger partial charge >= 0.3 is 11.9 Å². The number of thioether (sulfide) groups is 1. The number of allylic oxidation sites excluding steroid dienone is 2. The van der Waals surface area contributed by atoms with Gasteiger partial charge in [0.15, 0.2) is 11.5 Å². The predicted molar refractivity (Wildman–Crippen MR) is 161 cm³/mol. The summed E-state index contributed by atoms with van der Waals surface area (Å²) in [5.41, 5.74) is -1.61. The van der Waals surface area contributed by atoms with Crippen molar-refractivity contribution in [1.29, 1.82) is 0 Å². The van der Waals surface area contributed by atoms with Gasteiger partial charge in [0.1, 0.15) is 17.0 Å². The second-order valence-electron chi connectivity index (χ2n) is 12.8. The molecule has 1 amide bonds. The number of hydrogen-bond acceptors (Lipinski definition) is 8. The molecule has 0 radical (unpaired) electrons. The van der Waals surface area contributed by atoms with E-state index in [4.69, 9.17) is 9.84 Å². The molecule has 230 valence electrons. The fourth-order valence-electron chi connectivity index (χ4n) is 8.23. The molecule has 2 saturated heterocycles. The molecule has 4 bridgehead atoms. The highest BCUT2D eigenvalue weighted by Crippen LogP contribution is 2.72. The number of carbonyl (C=O) groups excluding carboxylic acids is 2. The van der Waals surface area contributed by atoms with Gasteiger partial charge in [-0.25, -0.2) is 9.59 Å². The number of anilines is 1. The van der Waals surface area contributed by atoms with Crippen LogP contribution in [0.5, 0.6) is 11.5 Å². The second-order valence-corrected chi connectivity index (χ2v) is 13.9. The minimum Gasteiger partial charge on any atom is -0.506 e. The number of nitrogens with one attached hydrogen (secondary N) is 1. The van der Waals surface area contributed by atoms with Gasteiger partial charge in [-0.05, 0) is 79.8 Å². The van der Waals surface area contributed by atoms with E-state index in [1.807, 2.05) is 19.1 Å². The van der Waals surface area contributed by atoms with Crippen molar-refractivity contribution in [1.82, 2.24) is 0 Å². The zero-order valence-corrected chi connectivity index (χ0v) is 25.0. The summed E-state index contributed by atoms with van der Waals surface area (Å²) in [5.74, 6) is -4.07. The first-order chi connectivity index (χ1) is 20.7. The van der Waals surface area contributed by atoms with Gasteiger partial charge in [-0.1, -0.05) is 36.9 Å². The standard InChI is InChI=1S/C33H33NO9S/c1-31(12-11-24(36)34-26-21(35)9-8-20(27(26)39)30(41)42)28-22-13-18-14-33(28,16-32(18,2)43-22)15-23(29(31)40)44-19-6-3-17(4-7-19)5-10-25(37)38/h3-10,15,18,22,28,35,39H,11-14,16H2,1-2H3,(H,34,36)(H,37,38)(H,41,42)/b10-5+/t18-,22+,28+,31+,32+,33-/m1/s1. The van der Waals surface area contributed by atoms with Gasteiger partial charge in [0.25, 0.3) is 0 Å². The number of phenolic OH excluding ortho intramolecular Hbond substituents is 1. The SMILES string of the molecule is C[C@]12C[C@@]34C=C(Sc5ccc(/C=C/C(=O)O)cc5)C(=O)[C@@](C)(CCC(=O)Nc5c(O)ccc(C(=O)O)c5O)[C@@H]3[C@H](C[C@@H]1C4)O2. The number of carboxylic acid groups (broad SMARTS) is 2. The average molecular weight is 620 g/mol. The Hall–Kier alpha value is -4.09. The van der Waals surface area contributed by atoms with Gasteiger partial charge in [-0.3, -0.25) is 9.59 Å². The minimum absolute atomic E-state index is 0.0816. The van der Waals surface area contributed by atoms with Gasteiger partial charge in [0.2, 0.25) is 5.91 Å². The third-order valence-corrected chi connectivity index (χ3v) is 11.0. The Bertz CT molecular complexity index is 1650. The number of rotatable bonds is 9. The maximum atomic E-state index is 14.4. The molecule has 2 heterocycles. The third-order valence-electron chi connectivity index (χ3n) is 9.99. The molecule has 44 heavy (non-hydrogen) atoms. The van der Waals surface area contributed by atoms with E-state index in [1.54, 1.807) is 12.1 Å². The van der Waals surface area contributed by atoms with Crippen LogP contribution >= 0.6 is 11.8 Å².